The van der Waals surface area contributed by atoms with Gasteiger partial charge in [0.15, 0.2) is 0 Å². The van der Waals surface area contributed by atoms with Crippen molar-refractivity contribution in [2.75, 3.05) is 0 Å². The first-order valence-corrected chi connectivity index (χ1v) is 8.46. The highest BCUT2D eigenvalue weighted by atomic mass is 16.6. The van der Waals surface area contributed by atoms with Gasteiger partial charge in [-0.05, 0) is 63.4 Å². The number of nitrogens with zero attached hydrogens (tertiary/aromatic N) is 1. The van der Waals surface area contributed by atoms with Crippen LogP contribution in [-0.2, 0) is 16.0 Å². The molecule has 0 amide bonds. The van der Waals surface area contributed by atoms with E-state index in [1.54, 1.807) is 12.1 Å². The van der Waals surface area contributed by atoms with E-state index in [1.807, 2.05) is 45.0 Å². The van der Waals surface area contributed by atoms with E-state index in [-0.39, 0.29) is 11.7 Å². The molecule has 0 unspecified atom stereocenters. The first kappa shape index (κ1) is 19.4. The predicted molar refractivity (Wildman–Crippen MR) is 98.4 cm³/mol. The molecule has 0 N–H and O–H groups in total. The van der Waals surface area contributed by atoms with Crippen molar-refractivity contribution in [3.63, 3.8) is 0 Å². The lowest BCUT2D eigenvalue weighted by Gasteiger charge is -2.19. The smallest absolute Gasteiger partial charge is 0.306 e. The van der Waals surface area contributed by atoms with Gasteiger partial charge in [0, 0.05) is 18.6 Å². The lowest BCUT2D eigenvalue weighted by molar-refractivity contribution is -0.384. The molecule has 138 valence electrons. The van der Waals surface area contributed by atoms with Crippen LogP contribution in [0.1, 0.15) is 39.2 Å². The average molecular weight is 357 g/mol. The zero-order chi connectivity index (χ0) is 19.2. The maximum atomic E-state index is 11.7. The van der Waals surface area contributed by atoms with Gasteiger partial charge in [-0.3, -0.25) is 14.9 Å². The molecule has 0 spiro atoms. The Kier molecular flexibility index (Phi) is 6.33. The van der Waals surface area contributed by atoms with Crippen LogP contribution >= 0.6 is 0 Å². The Balaban J connectivity index is 1.82. The summed E-state index contributed by atoms with van der Waals surface area (Å²) in [5.74, 6) is 0.999. The van der Waals surface area contributed by atoms with Crippen molar-refractivity contribution in [3.8, 4) is 11.5 Å². The van der Waals surface area contributed by atoms with Crippen LogP contribution in [0.5, 0.6) is 11.5 Å². The molecule has 0 saturated heterocycles. The van der Waals surface area contributed by atoms with E-state index < -0.39 is 10.5 Å². The molecule has 26 heavy (non-hydrogen) atoms. The molecule has 0 fully saturated rings. The van der Waals surface area contributed by atoms with Crippen molar-refractivity contribution < 1.29 is 19.2 Å². The fourth-order valence-electron chi connectivity index (χ4n) is 2.33. The number of hydrogen-bond donors (Lipinski definition) is 0. The number of hydrogen-bond acceptors (Lipinski definition) is 5. The highest BCUT2D eigenvalue weighted by Gasteiger charge is 2.15. The largest absolute Gasteiger partial charge is 0.460 e. The number of non-ortho nitro benzene ring substituents is 1. The molecule has 2 aromatic carbocycles. The summed E-state index contributed by atoms with van der Waals surface area (Å²) in [5.41, 5.74) is 0.677. The Morgan fingerprint density at radius 1 is 1.00 bits per heavy atom. The molecule has 0 atom stereocenters. The van der Waals surface area contributed by atoms with Gasteiger partial charge in [0.1, 0.15) is 17.1 Å². The second-order valence-electron chi connectivity index (χ2n) is 6.94. The summed E-state index contributed by atoms with van der Waals surface area (Å²) in [6.07, 6.45) is 1.88. The van der Waals surface area contributed by atoms with E-state index >= 15 is 0 Å². The fourth-order valence-corrected chi connectivity index (χ4v) is 2.33. The molecule has 6 nitrogen and oxygen atoms in total. The topological polar surface area (TPSA) is 78.7 Å². The van der Waals surface area contributed by atoms with Crippen LogP contribution in [0.15, 0.2) is 48.5 Å². The summed E-state index contributed by atoms with van der Waals surface area (Å²) in [4.78, 5) is 21.9. The lowest BCUT2D eigenvalue weighted by atomic mass is 10.1. The number of aryl methyl sites for hydroxylation is 1. The van der Waals surface area contributed by atoms with Crippen LogP contribution < -0.4 is 4.74 Å². The van der Waals surface area contributed by atoms with Gasteiger partial charge in [0.2, 0.25) is 0 Å². The highest BCUT2D eigenvalue weighted by Crippen LogP contribution is 2.24. The molecule has 6 heteroatoms. The number of carbonyl (C=O) groups is 1. The summed E-state index contributed by atoms with van der Waals surface area (Å²) < 4.78 is 11.0. The van der Waals surface area contributed by atoms with Crippen LogP contribution in [-0.4, -0.2) is 16.5 Å². The van der Waals surface area contributed by atoms with Crippen molar-refractivity contribution in [2.24, 2.45) is 0 Å². The second-order valence-corrected chi connectivity index (χ2v) is 6.94. The van der Waals surface area contributed by atoms with Gasteiger partial charge in [-0.25, -0.2) is 0 Å². The normalized spacial score (nSPS) is 11.0. The Morgan fingerprint density at radius 3 is 2.04 bits per heavy atom. The van der Waals surface area contributed by atoms with Crippen molar-refractivity contribution in [1.29, 1.82) is 0 Å². The van der Waals surface area contributed by atoms with Gasteiger partial charge in [-0.2, -0.15) is 0 Å². The van der Waals surface area contributed by atoms with E-state index in [9.17, 15) is 14.9 Å². The van der Waals surface area contributed by atoms with Crippen LogP contribution in [0, 0.1) is 10.1 Å². The van der Waals surface area contributed by atoms with E-state index in [2.05, 4.69) is 0 Å². The third-order valence-electron chi connectivity index (χ3n) is 3.47. The fraction of sp³-hybridized carbons (Fsp3) is 0.350. The van der Waals surface area contributed by atoms with Crippen LogP contribution in [0.25, 0.3) is 0 Å². The number of benzene rings is 2. The minimum Gasteiger partial charge on any atom is -0.460 e. The Bertz CT molecular complexity index is 745. The SMILES string of the molecule is CC(C)(C)OC(=O)CCCc1ccc(Oc2ccc([N+](=O)[O-])cc2)cc1. The van der Waals surface area contributed by atoms with Gasteiger partial charge < -0.3 is 9.47 Å². The minimum atomic E-state index is -0.450. The Labute approximate surface area is 152 Å². The Morgan fingerprint density at radius 2 is 1.54 bits per heavy atom. The molecule has 0 bridgehead atoms. The summed E-state index contributed by atoms with van der Waals surface area (Å²) in [6.45, 7) is 5.57. The third-order valence-corrected chi connectivity index (χ3v) is 3.47. The van der Waals surface area contributed by atoms with Crippen molar-refractivity contribution in [1.82, 2.24) is 0 Å². The molecule has 2 rings (SSSR count). The van der Waals surface area contributed by atoms with Crippen molar-refractivity contribution in [3.05, 3.63) is 64.2 Å². The number of nitro benzene ring substituents is 1. The number of nitro groups is 1. The second kappa shape index (κ2) is 8.47. The molecular formula is C20H23NO5. The molecule has 0 aliphatic carbocycles. The molecule has 0 saturated carbocycles. The predicted octanol–water partition coefficient (Wildman–Crippen LogP) is 5.05. The lowest BCUT2D eigenvalue weighted by Crippen LogP contribution is -2.23. The van der Waals surface area contributed by atoms with Crippen LogP contribution in [0.2, 0.25) is 0 Å². The zero-order valence-corrected chi connectivity index (χ0v) is 15.2. The molecule has 0 aliphatic heterocycles. The molecular weight excluding hydrogens is 334 g/mol. The van der Waals surface area contributed by atoms with Gasteiger partial charge in [-0.15, -0.1) is 0 Å². The van der Waals surface area contributed by atoms with Gasteiger partial charge in [0.05, 0.1) is 4.92 Å². The number of ether oxygens (including phenoxy) is 2. The monoisotopic (exact) mass is 357 g/mol. The summed E-state index contributed by atoms with van der Waals surface area (Å²) in [6, 6.07) is 13.5. The Hall–Kier alpha value is -2.89. The third kappa shape index (κ3) is 6.55. The van der Waals surface area contributed by atoms with Crippen molar-refractivity contribution in [2.45, 2.75) is 45.6 Å². The van der Waals surface area contributed by atoms with Crippen LogP contribution in [0.4, 0.5) is 5.69 Å². The number of rotatable bonds is 7. The standard InChI is InChI=1S/C20H23NO5/c1-20(2,3)26-19(22)6-4-5-15-7-11-17(12-8-15)25-18-13-9-16(10-14-18)21(23)24/h7-14H,4-6H2,1-3H3. The highest BCUT2D eigenvalue weighted by molar-refractivity contribution is 5.69. The van der Waals surface area contributed by atoms with Crippen molar-refractivity contribution >= 4 is 11.7 Å². The van der Waals surface area contributed by atoms with E-state index in [1.165, 1.54) is 12.1 Å². The molecule has 2 aromatic rings. The maximum Gasteiger partial charge on any atom is 0.306 e. The summed E-state index contributed by atoms with van der Waals surface area (Å²) in [7, 11) is 0. The van der Waals surface area contributed by atoms with Gasteiger partial charge >= 0.3 is 5.97 Å². The molecule has 0 heterocycles. The minimum absolute atomic E-state index is 0.0256. The van der Waals surface area contributed by atoms with Gasteiger partial charge in [-0.1, -0.05) is 12.1 Å². The maximum absolute atomic E-state index is 11.7. The quantitative estimate of drug-likeness (QED) is 0.393. The number of carbonyl (C=O) groups excluding carboxylic acids is 1. The summed E-state index contributed by atoms with van der Waals surface area (Å²) >= 11 is 0. The first-order valence-electron chi connectivity index (χ1n) is 8.46. The average Bonchev–Trinajstić information content (AvgIpc) is 2.55. The van der Waals surface area contributed by atoms with E-state index in [0.29, 0.717) is 17.9 Å². The van der Waals surface area contributed by atoms with E-state index in [0.717, 1.165) is 18.4 Å². The van der Waals surface area contributed by atoms with E-state index in [4.69, 9.17) is 9.47 Å². The van der Waals surface area contributed by atoms with Crippen LogP contribution in [0.3, 0.4) is 0 Å². The summed E-state index contributed by atoms with van der Waals surface area (Å²) in [5, 5.41) is 10.6. The first-order chi connectivity index (χ1) is 12.2. The van der Waals surface area contributed by atoms with Gasteiger partial charge in [0.25, 0.3) is 5.69 Å². The molecule has 0 radical (unpaired) electrons. The number of esters is 1. The zero-order valence-electron chi connectivity index (χ0n) is 15.2. The molecule has 0 aromatic heterocycles. The molecule has 0 aliphatic rings.